The van der Waals surface area contributed by atoms with E-state index in [1.54, 1.807) is 13.2 Å². The minimum atomic E-state index is 0.606. The Hall–Kier alpha value is -1.71. The van der Waals surface area contributed by atoms with Crippen LogP contribution in [0.15, 0.2) is 12.1 Å². The van der Waals surface area contributed by atoms with Crippen LogP contribution in [0.25, 0.3) is 11.0 Å². The third-order valence-electron chi connectivity index (χ3n) is 2.11. The molecule has 2 heterocycles. The lowest BCUT2D eigenvalue weighted by molar-refractivity contribution is 0.399. The monoisotopic (exact) mass is 177 g/mol. The van der Waals surface area contributed by atoms with Crippen molar-refractivity contribution in [2.75, 3.05) is 12.8 Å². The van der Waals surface area contributed by atoms with Gasteiger partial charge in [-0.25, -0.2) is 4.98 Å². The van der Waals surface area contributed by atoms with Crippen LogP contribution in [0.3, 0.4) is 0 Å². The Kier molecular flexibility index (Phi) is 1.62. The number of rotatable bonds is 1. The van der Waals surface area contributed by atoms with Crippen LogP contribution < -0.4 is 10.5 Å². The molecule has 0 bridgehead atoms. The molecular formula is C9H11N3O. The van der Waals surface area contributed by atoms with Gasteiger partial charge in [-0.1, -0.05) is 0 Å². The van der Waals surface area contributed by atoms with Crippen LogP contribution in [0.1, 0.15) is 5.56 Å². The van der Waals surface area contributed by atoms with E-state index in [0.717, 1.165) is 16.6 Å². The smallest absolute Gasteiger partial charge is 0.213 e. The molecule has 0 saturated carbocycles. The zero-order valence-corrected chi connectivity index (χ0v) is 7.59. The summed E-state index contributed by atoms with van der Waals surface area (Å²) < 4.78 is 5.02. The second-order valence-electron chi connectivity index (χ2n) is 2.91. The van der Waals surface area contributed by atoms with Gasteiger partial charge in [0.05, 0.1) is 18.1 Å². The molecule has 0 aliphatic carbocycles. The van der Waals surface area contributed by atoms with E-state index >= 15 is 0 Å². The summed E-state index contributed by atoms with van der Waals surface area (Å²) in [7, 11) is 1.60. The SMILES string of the molecule is COc1ccc2[nH]c(N)c(C)c2n1. The number of hydrogen-bond acceptors (Lipinski definition) is 3. The van der Waals surface area contributed by atoms with Crippen molar-refractivity contribution in [1.82, 2.24) is 9.97 Å². The summed E-state index contributed by atoms with van der Waals surface area (Å²) in [6.45, 7) is 1.93. The standard InChI is InChI=1S/C9H11N3O/c1-5-8-6(11-9(5)10)3-4-7(12-8)13-2/h3-4,11H,10H2,1-2H3. The summed E-state index contributed by atoms with van der Waals surface area (Å²) in [4.78, 5) is 7.32. The molecule has 2 rings (SSSR count). The van der Waals surface area contributed by atoms with Gasteiger partial charge < -0.3 is 15.5 Å². The second kappa shape index (κ2) is 2.65. The Bertz CT molecular complexity index is 447. The van der Waals surface area contributed by atoms with Crippen LogP contribution >= 0.6 is 0 Å². The van der Waals surface area contributed by atoms with Gasteiger partial charge in [0.2, 0.25) is 5.88 Å². The fourth-order valence-corrected chi connectivity index (χ4v) is 1.31. The van der Waals surface area contributed by atoms with E-state index in [2.05, 4.69) is 9.97 Å². The van der Waals surface area contributed by atoms with Crippen molar-refractivity contribution in [3.8, 4) is 5.88 Å². The number of anilines is 1. The summed E-state index contributed by atoms with van der Waals surface area (Å²) in [5.41, 5.74) is 8.49. The molecule has 0 radical (unpaired) electrons. The molecule has 0 aromatic carbocycles. The van der Waals surface area contributed by atoms with Crippen LogP contribution in [-0.2, 0) is 0 Å². The van der Waals surface area contributed by atoms with Gasteiger partial charge in [-0.3, -0.25) is 0 Å². The first-order chi connectivity index (χ1) is 6.22. The zero-order chi connectivity index (χ0) is 9.42. The minimum Gasteiger partial charge on any atom is -0.481 e. The van der Waals surface area contributed by atoms with Crippen LogP contribution in [0.4, 0.5) is 5.82 Å². The molecule has 4 nitrogen and oxygen atoms in total. The normalized spacial score (nSPS) is 10.6. The molecule has 0 atom stereocenters. The van der Waals surface area contributed by atoms with Gasteiger partial charge in [0.25, 0.3) is 0 Å². The Morgan fingerprint density at radius 2 is 2.23 bits per heavy atom. The Morgan fingerprint density at radius 1 is 1.46 bits per heavy atom. The number of ether oxygens (including phenoxy) is 1. The molecule has 0 unspecified atom stereocenters. The molecule has 3 N–H and O–H groups in total. The van der Waals surface area contributed by atoms with Crippen molar-refractivity contribution in [3.63, 3.8) is 0 Å². The number of fused-ring (bicyclic) bond motifs is 1. The van der Waals surface area contributed by atoms with Gasteiger partial charge in [0.15, 0.2) is 0 Å². The third kappa shape index (κ3) is 1.11. The maximum Gasteiger partial charge on any atom is 0.213 e. The number of methoxy groups -OCH3 is 1. The molecule has 13 heavy (non-hydrogen) atoms. The molecule has 0 fully saturated rings. The van der Waals surface area contributed by atoms with Crippen LogP contribution in [0.5, 0.6) is 5.88 Å². The Labute approximate surface area is 75.7 Å². The Balaban J connectivity index is 2.75. The highest BCUT2D eigenvalue weighted by atomic mass is 16.5. The van der Waals surface area contributed by atoms with E-state index in [4.69, 9.17) is 10.5 Å². The number of nitrogens with one attached hydrogen (secondary N) is 1. The summed E-state index contributed by atoms with van der Waals surface area (Å²) in [6.07, 6.45) is 0. The van der Waals surface area contributed by atoms with Crippen molar-refractivity contribution < 1.29 is 4.74 Å². The quantitative estimate of drug-likeness (QED) is 0.693. The second-order valence-corrected chi connectivity index (χ2v) is 2.91. The highest BCUT2D eigenvalue weighted by Crippen LogP contribution is 2.23. The number of nitrogens with two attached hydrogens (primary N) is 1. The molecule has 4 heteroatoms. The molecule has 0 aliphatic heterocycles. The number of aromatic nitrogens is 2. The van der Waals surface area contributed by atoms with E-state index in [-0.39, 0.29) is 0 Å². The van der Waals surface area contributed by atoms with E-state index in [9.17, 15) is 0 Å². The number of nitrogens with zero attached hydrogens (tertiary/aromatic N) is 1. The van der Waals surface area contributed by atoms with Crippen LogP contribution in [0.2, 0.25) is 0 Å². The lowest BCUT2D eigenvalue weighted by Crippen LogP contribution is -1.87. The molecule has 68 valence electrons. The predicted molar refractivity (Wildman–Crippen MR) is 51.8 cm³/mol. The van der Waals surface area contributed by atoms with Gasteiger partial charge in [0, 0.05) is 11.6 Å². The molecule has 2 aromatic heterocycles. The summed E-state index contributed by atoms with van der Waals surface area (Å²) >= 11 is 0. The van der Waals surface area contributed by atoms with Crippen molar-refractivity contribution in [2.45, 2.75) is 6.92 Å². The topological polar surface area (TPSA) is 63.9 Å². The van der Waals surface area contributed by atoms with Gasteiger partial charge in [0.1, 0.15) is 5.82 Å². The van der Waals surface area contributed by atoms with Crippen molar-refractivity contribution >= 4 is 16.9 Å². The third-order valence-corrected chi connectivity index (χ3v) is 2.11. The van der Waals surface area contributed by atoms with Crippen LogP contribution in [-0.4, -0.2) is 17.1 Å². The number of pyridine rings is 1. The van der Waals surface area contributed by atoms with Crippen molar-refractivity contribution in [2.24, 2.45) is 0 Å². The number of nitrogen functional groups attached to an aromatic ring is 1. The van der Waals surface area contributed by atoms with E-state index in [0.29, 0.717) is 11.7 Å². The van der Waals surface area contributed by atoms with Gasteiger partial charge in [-0.2, -0.15) is 0 Å². The number of aryl methyl sites for hydroxylation is 1. The lowest BCUT2D eigenvalue weighted by Gasteiger charge is -1.97. The van der Waals surface area contributed by atoms with Gasteiger partial charge in [-0.15, -0.1) is 0 Å². The maximum atomic E-state index is 5.71. The molecule has 0 spiro atoms. The van der Waals surface area contributed by atoms with Gasteiger partial charge in [-0.05, 0) is 13.0 Å². The first-order valence-corrected chi connectivity index (χ1v) is 4.01. The molecule has 0 amide bonds. The number of H-pyrrole nitrogens is 1. The number of hydrogen-bond donors (Lipinski definition) is 2. The zero-order valence-electron chi connectivity index (χ0n) is 7.59. The van der Waals surface area contributed by atoms with E-state index in [1.807, 2.05) is 13.0 Å². The van der Waals surface area contributed by atoms with E-state index in [1.165, 1.54) is 0 Å². The molecule has 0 aliphatic rings. The number of aromatic amines is 1. The average molecular weight is 177 g/mol. The van der Waals surface area contributed by atoms with Crippen molar-refractivity contribution in [3.05, 3.63) is 17.7 Å². The highest BCUT2D eigenvalue weighted by Gasteiger charge is 2.06. The lowest BCUT2D eigenvalue weighted by atomic mass is 10.3. The summed E-state index contributed by atoms with van der Waals surface area (Å²) in [5.74, 6) is 1.27. The summed E-state index contributed by atoms with van der Waals surface area (Å²) in [6, 6.07) is 3.71. The average Bonchev–Trinajstić information content (AvgIpc) is 2.43. The maximum absolute atomic E-state index is 5.71. The largest absolute Gasteiger partial charge is 0.481 e. The predicted octanol–water partition coefficient (Wildman–Crippen LogP) is 1.46. The fourth-order valence-electron chi connectivity index (χ4n) is 1.31. The van der Waals surface area contributed by atoms with Crippen LogP contribution in [0, 0.1) is 6.92 Å². The molecule has 2 aromatic rings. The molecule has 0 saturated heterocycles. The summed E-state index contributed by atoms with van der Waals surface area (Å²) in [5, 5.41) is 0. The van der Waals surface area contributed by atoms with Gasteiger partial charge >= 0.3 is 0 Å². The van der Waals surface area contributed by atoms with Crippen molar-refractivity contribution in [1.29, 1.82) is 0 Å². The Morgan fingerprint density at radius 3 is 2.92 bits per heavy atom. The molecular weight excluding hydrogens is 166 g/mol. The van der Waals surface area contributed by atoms with E-state index < -0.39 is 0 Å². The minimum absolute atomic E-state index is 0.606. The first kappa shape index (κ1) is 7.91. The highest BCUT2D eigenvalue weighted by molar-refractivity contribution is 5.84. The first-order valence-electron chi connectivity index (χ1n) is 4.01. The fraction of sp³-hybridized carbons (Fsp3) is 0.222.